The molecule has 1 saturated carbocycles. The number of sulfonamides is 1. The van der Waals surface area contributed by atoms with Gasteiger partial charge in [-0.1, -0.05) is 6.07 Å². The van der Waals surface area contributed by atoms with Crippen molar-refractivity contribution in [2.75, 3.05) is 26.8 Å². The van der Waals surface area contributed by atoms with E-state index in [1.807, 2.05) is 0 Å². The van der Waals surface area contributed by atoms with E-state index in [1.165, 1.54) is 25.0 Å². The van der Waals surface area contributed by atoms with Crippen molar-refractivity contribution in [2.45, 2.75) is 24.3 Å². The minimum Gasteiger partial charge on any atom is -0.380 e. The van der Waals surface area contributed by atoms with Crippen LogP contribution in [0.1, 0.15) is 18.4 Å². The Balaban J connectivity index is 1.88. The molecule has 0 atom stereocenters. The third-order valence-electron chi connectivity index (χ3n) is 3.26. The third-order valence-corrected chi connectivity index (χ3v) is 4.75. The summed E-state index contributed by atoms with van der Waals surface area (Å²) in [5, 5.41) is 2.88. The van der Waals surface area contributed by atoms with Crippen LogP contribution < -0.4 is 10.0 Å². The molecule has 0 heterocycles. The number of nitrogens with one attached hydrogen (secondary N) is 2. The summed E-state index contributed by atoms with van der Waals surface area (Å²) in [6, 6.07) is 4.11. The Morgan fingerprint density at radius 3 is 2.76 bits per heavy atom. The fourth-order valence-electron chi connectivity index (χ4n) is 1.94. The standard InChI is InChI=1S/C14H21FN2O3S/c1-16-9-12-4-5-14(13(15)8-12)21(18,19)17-6-7-20-10-11-2-3-11/h4-5,8,11,16-17H,2-3,6-7,9-10H2,1H3. The van der Waals surface area contributed by atoms with Crippen LogP contribution in [-0.2, 0) is 21.3 Å². The van der Waals surface area contributed by atoms with Gasteiger partial charge in [0.1, 0.15) is 10.7 Å². The topological polar surface area (TPSA) is 67.4 Å². The first-order valence-electron chi connectivity index (χ1n) is 7.03. The molecule has 0 aromatic heterocycles. The predicted molar refractivity (Wildman–Crippen MR) is 77.9 cm³/mol. The first-order valence-corrected chi connectivity index (χ1v) is 8.51. The Labute approximate surface area is 124 Å². The second-order valence-corrected chi connectivity index (χ2v) is 6.95. The van der Waals surface area contributed by atoms with Crippen LogP contribution in [0.15, 0.2) is 23.1 Å². The molecule has 7 heteroatoms. The van der Waals surface area contributed by atoms with Crippen molar-refractivity contribution < 1.29 is 17.5 Å². The van der Waals surface area contributed by atoms with Crippen LogP contribution in [0.2, 0.25) is 0 Å². The first kappa shape index (κ1) is 16.4. The highest BCUT2D eigenvalue weighted by atomic mass is 32.2. The fourth-order valence-corrected chi connectivity index (χ4v) is 3.01. The van der Waals surface area contributed by atoms with Crippen LogP contribution >= 0.6 is 0 Å². The molecular formula is C14H21FN2O3S. The normalized spacial score (nSPS) is 15.3. The van der Waals surface area contributed by atoms with Crippen molar-refractivity contribution in [3.05, 3.63) is 29.6 Å². The smallest absolute Gasteiger partial charge is 0.243 e. The number of hydrogen-bond donors (Lipinski definition) is 2. The number of halogens is 1. The van der Waals surface area contributed by atoms with Gasteiger partial charge in [0.05, 0.1) is 6.61 Å². The van der Waals surface area contributed by atoms with E-state index in [4.69, 9.17) is 4.74 Å². The van der Waals surface area contributed by atoms with Crippen molar-refractivity contribution in [1.82, 2.24) is 10.0 Å². The van der Waals surface area contributed by atoms with Gasteiger partial charge in [0.2, 0.25) is 10.0 Å². The van der Waals surface area contributed by atoms with Gasteiger partial charge in [-0.05, 0) is 43.5 Å². The van der Waals surface area contributed by atoms with Crippen LogP contribution in [0.25, 0.3) is 0 Å². The molecule has 1 aliphatic rings. The average Bonchev–Trinajstić information content (AvgIpc) is 3.22. The summed E-state index contributed by atoms with van der Waals surface area (Å²) in [4.78, 5) is -0.329. The van der Waals surface area contributed by atoms with Gasteiger partial charge < -0.3 is 10.1 Å². The quantitative estimate of drug-likeness (QED) is 0.673. The highest BCUT2D eigenvalue weighted by Gasteiger charge is 2.21. The number of benzene rings is 1. The second-order valence-electron chi connectivity index (χ2n) is 5.21. The summed E-state index contributed by atoms with van der Waals surface area (Å²) in [5.41, 5.74) is 0.696. The van der Waals surface area contributed by atoms with Gasteiger partial charge in [0.15, 0.2) is 0 Å². The van der Waals surface area contributed by atoms with Gasteiger partial charge in [-0.3, -0.25) is 0 Å². The lowest BCUT2D eigenvalue weighted by Crippen LogP contribution is -2.28. The molecule has 2 N–H and O–H groups in total. The molecule has 21 heavy (non-hydrogen) atoms. The molecule has 0 spiro atoms. The average molecular weight is 316 g/mol. The van der Waals surface area contributed by atoms with Crippen molar-refractivity contribution in [2.24, 2.45) is 5.92 Å². The number of ether oxygens (including phenoxy) is 1. The van der Waals surface area contributed by atoms with E-state index in [0.29, 0.717) is 31.2 Å². The molecule has 1 fully saturated rings. The molecule has 0 aliphatic heterocycles. The molecule has 1 aromatic carbocycles. The second kappa shape index (κ2) is 7.31. The molecular weight excluding hydrogens is 295 g/mol. The zero-order chi connectivity index (χ0) is 15.3. The minimum atomic E-state index is -3.83. The van der Waals surface area contributed by atoms with E-state index in [-0.39, 0.29) is 11.4 Å². The molecule has 2 rings (SSSR count). The van der Waals surface area contributed by atoms with Gasteiger partial charge >= 0.3 is 0 Å². The van der Waals surface area contributed by atoms with Gasteiger partial charge in [-0.2, -0.15) is 0 Å². The van der Waals surface area contributed by atoms with Gasteiger partial charge in [0.25, 0.3) is 0 Å². The summed E-state index contributed by atoms with van der Waals surface area (Å²) in [6.45, 7) is 1.61. The maximum Gasteiger partial charge on any atom is 0.243 e. The summed E-state index contributed by atoms with van der Waals surface area (Å²) in [5.74, 6) is -0.104. The predicted octanol–water partition coefficient (Wildman–Crippen LogP) is 1.25. The molecule has 5 nitrogen and oxygen atoms in total. The van der Waals surface area contributed by atoms with Crippen molar-refractivity contribution in [3.63, 3.8) is 0 Å². The van der Waals surface area contributed by atoms with Crippen LogP contribution in [0.3, 0.4) is 0 Å². The summed E-state index contributed by atoms with van der Waals surface area (Å²) in [6.07, 6.45) is 2.38. The Morgan fingerprint density at radius 1 is 1.38 bits per heavy atom. The Kier molecular flexibility index (Phi) is 5.69. The van der Waals surface area contributed by atoms with Gasteiger partial charge in [-0.25, -0.2) is 17.5 Å². The number of rotatable bonds is 9. The van der Waals surface area contributed by atoms with Crippen molar-refractivity contribution in [3.8, 4) is 0 Å². The summed E-state index contributed by atoms with van der Waals surface area (Å²) < 4.78 is 45.6. The molecule has 0 amide bonds. The van der Waals surface area contributed by atoms with E-state index < -0.39 is 15.8 Å². The molecule has 0 bridgehead atoms. The first-order chi connectivity index (χ1) is 10.0. The molecule has 0 saturated heterocycles. The molecule has 1 aromatic rings. The fraction of sp³-hybridized carbons (Fsp3) is 0.571. The Hall–Kier alpha value is -1.02. The monoisotopic (exact) mass is 316 g/mol. The lowest BCUT2D eigenvalue weighted by molar-refractivity contribution is 0.129. The largest absolute Gasteiger partial charge is 0.380 e. The lowest BCUT2D eigenvalue weighted by atomic mass is 10.2. The molecule has 1 aliphatic carbocycles. The maximum atomic E-state index is 13.9. The zero-order valence-electron chi connectivity index (χ0n) is 12.1. The zero-order valence-corrected chi connectivity index (χ0v) is 12.9. The summed E-state index contributed by atoms with van der Waals surface area (Å²) >= 11 is 0. The van der Waals surface area contributed by atoms with Crippen molar-refractivity contribution in [1.29, 1.82) is 0 Å². The van der Waals surface area contributed by atoms with Crippen molar-refractivity contribution >= 4 is 10.0 Å². The minimum absolute atomic E-state index is 0.146. The van der Waals surface area contributed by atoms with Crippen LogP contribution in [0, 0.1) is 11.7 Å². The SMILES string of the molecule is CNCc1ccc(S(=O)(=O)NCCOCC2CC2)c(F)c1. The Morgan fingerprint density at radius 2 is 2.14 bits per heavy atom. The van der Waals surface area contributed by atoms with Crippen LogP contribution in [0.5, 0.6) is 0 Å². The van der Waals surface area contributed by atoms with Gasteiger partial charge in [0, 0.05) is 19.7 Å². The Bertz CT molecular complexity index is 574. The van der Waals surface area contributed by atoms with Crippen LogP contribution in [0.4, 0.5) is 4.39 Å². The van der Waals surface area contributed by atoms with E-state index in [1.54, 1.807) is 13.1 Å². The van der Waals surface area contributed by atoms with E-state index in [2.05, 4.69) is 10.0 Å². The highest BCUT2D eigenvalue weighted by Crippen LogP contribution is 2.28. The molecule has 0 radical (unpaired) electrons. The maximum absolute atomic E-state index is 13.9. The molecule has 118 valence electrons. The number of hydrogen-bond acceptors (Lipinski definition) is 4. The van der Waals surface area contributed by atoms with Crippen LogP contribution in [-0.4, -0.2) is 35.2 Å². The van der Waals surface area contributed by atoms with E-state index in [0.717, 1.165) is 0 Å². The summed E-state index contributed by atoms with van der Waals surface area (Å²) in [7, 11) is -2.09. The van der Waals surface area contributed by atoms with E-state index in [9.17, 15) is 12.8 Å². The highest BCUT2D eigenvalue weighted by molar-refractivity contribution is 7.89. The molecule has 0 unspecified atom stereocenters. The third kappa shape index (κ3) is 5.03. The van der Waals surface area contributed by atoms with E-state index >= 15 is 0 Å². The lowest BCUT2D eigenvalue weighted by Gasteiger charge is -2.09. The van der Waals surface area contributed by atoms with Gasteiger partial charge in [-0.15, -0.1) is 0 Å².